The normalized spacial score (nSPS) is 11.3. The summed E-state index contributed by atoms with van der Waals surface area (Å²) < 4.78 is 27.8. The van der Waals surface area contributed by atoms with E-state index in [1.165, 1.54) is 18.3 Å². The summed E-state index contributed by atoms with van der Waals surface area (Å²) in [6, 6.07) is 10.4. The number of benzene rings is 1. The van der Waals surface area contributed by atoms with Crippen LogP contribution in [0.25, 0.3) is 0 Å². The molecule has 0 saturated heterocycles. The SMILES string of the molecule is CCc1ccccc1Oc1ccc(S(=O)(=O)Cl)cn1. The molecule has 1 heterocycles. The van der Waals surface area contributed by atoms with Crippen LogP contribution in [-0.4, -0.2) is 13.4 Å². The van der Waals surface area contributed by atoms with Crippen molar-refractivity contribution in [3.8, 4) is 11.6 Å². The van der Waals surface area contributed by atoms with Gasteiger partial charge in [0.15, 0.2) is 0 Å². The number of aromatic nitrogens is 1. The van der Waals surface area contributed by atoms with E-state index < -0.39 is 9.05 Å². The Hall–Kier alpha value is -1.59. The minimum Gasteiger partial charge on any atom is -0.439 e. The Kier molecular flexibility index (Phi) is 4.07. The second kappa shape index (κ2) is 5.59. The van der Waals surface area contributed by atoms with Crippen LogP contribution in [0.3, 0.4) is 0 Å². The van der Waals surface area contributed by atoms with Gasteiger partial charge >= 0.3 is 0 Å². The van der Waals surface area contributed by atoms with Crippen molar-refractivity contribution in [2.45, 2.75) is 18.2 Å². The molecule has 0 radical (unpaired) electrons. The zero-order chi connectivity index (χ0) is 13.9. The van der Waals surface area contributed by atoms with E-state index in [9.17, 15) is 8.42 Å². The molecule has 0 saturated carbocycles. The maximum absolute atomic E-state index is 11.1. The summed E-state index contributed by atoms with van der Waals surface area (Å²) in [5, 5.41) is 0. The lowest BCUT2D eigenvalue weighted by molar-refractivity contribution is 0.456. The summed E-state index contributed by atoms with van der Waals surface area (Å²) in [4.78, 5) is 3.88. The van der Waals surface area contributed by atoms with Crippen LogP contribution < -0.4 is 4.74 Å². The van der Waals surface area contributed by atoms with Crippen LogP contribution in [-0.2, 0) is 15.5 Å². The summed E-state index contributed by atoms with van der Waals surface area (Å²) in [6.07, 6.45) is 2.01. The Balaban J connectivity index is 2.25. The molecule has 2 aromatic rings. The molecular weight excluding hydrogens is 286 g/mol. The minimum absolute atomic E-state index is 0.0507. The van der Waals surface area contributed by atoms with Gasteiger partial charge in [0.05, 0.1) is 6.20 Å². The molecule has 1 aromatic carbocycles. The first kappa shape index (κ1) is 13.8. The van der Waals surface area contributed by atoms with Crippen LogP contribution in [0.2, 0.25) is 0 Å². The van der Waals surface area contributed by atoms with Gasteiger partial charge < -0.3 is 4.74 Å². The van der Waals surface area contributed by atoms with Crippen molar-refractivity contribution in [1.29, 1.82) is 0 Å². The summed E-state index contributed by atoms with van der Waals surface area (Å²) >= 11 is 0. The smallest absolute Gasteiger partial charge is 0.262 e. The molecule has 4 nitrogen and oxygen atoms in total. The molecule has 0 bridgehead atoms. The zero-order valence-electron chi connectivity index (χ0n) is 10.2. The fourth-order valence-electron chi connectivity index (χ4n) is 1.58. The van der Waals surface area contributed by atoms with Crippen LogP contribution in [0.15, 0.2) is 47.5 Å². The van der Waals surface area contributed by atoms with Gasteiger partial charge in [-0.3, -0.25) is 0 Å². The largest absolute Gasteiger partial charge is 0.439 e. The number of hydrogen-bond acceptors (Lipinski definition) is 4. The predicted molar refractivity (Wildman–Crippen MR) is 73.2 cm³/mol. The number of hydrogen-bond donors (Lipinski definition) is 0. The highest BCUT2D eigenvalue weighted by Gasteiger charge is 2.11. The van der Waals surface area contributed by atoms with E-state index in [1.54, 1.807) is 0 Å². The average Bonchev–Trinajstić information content (AvgIpc) is 2.39. The Labute approximate surface area is 116 Å². The lowest BCUT2D eigenvalue weighted by atomic mass is 10.1. The van der Waals surface area contributed by atoms with E-state index >= 15 is 0 Å². The number of ether oxygens (including phenoxy) is 1. The van der Waals surface area contributed by atoms with E-state index in [0.29, 0.717) is 11.6 Å². The number of nitrogens with zero attached hydrogens (tertiary/aromatic N) is 1. The van der Waals surface area contributed by atoms with Gasteiger partial charge in [-0.2, -0.15) is 0 Å². The monoisotopic (exact) mass is 297 g/mol. The topological polar surface area (TPSA) is 56.3 Å². The van der Waals surface area contributed by atoms with Crippen molar-refractivity contribution in [3.05, 3.63) is 48.2 Å². The quantitative estimate of drug-likeness (QED) is 0.812. The fraction of sp³-hybridized carbons (Fsp3) is 0.154. The van der Waals surface area contributed by atoms with E-state index in [4.69, 9.17) is 15.4 Å². The standard InChI is InChI=1S/C13H12ClNO3S/c1-2-10-5-3-4-6-12(10)18-13-8-7-11(9-15-13)19(14,16)17/h3-9H,2H2,1H3. The van der Waals surface area contributed by atoms with Gasteiger partial charge in [0, 0.05) is 16.7 Å². The highest BCUT2D eigenvalue weighted by atomic mass is 35.7. The summed E-state index contributed by atoms with van der Waals surface area (Å²) in [6.45, 7) is 2.03. The summed E-state index contributed by atoms with van der Waals surface area (Å²) in [5.74, 6) is 1.03. The third kappa shape index (κ3) is 3.45. The number of halogens is 1. The van der Waals surface area contributed by atoms with Crippen molar-refractivity contribution >= 4 is 19.7 Å². The Morgan fingerprint density at radius 1 is 1.21 bits per heavy atom. The Morgan fingerprint density at radius 2 is 1.95 bits per heavy atom. The van der Waals surface area contributed by atoms with Crippen molar-refractivity contribution in [2.24, 2.45) is 0 Å². The molecule has 0 atom stereocenters. The van der Waals surface area contributed by atoms with Crippen molar-refractivity contribution in [3.63, 3.8) is 0 Å². The van der Waals surface area contributed by atoms with Crippen molar-refractivity contribution in [1.82, 2.24) is 4.98 Å². The van der Waals surface area contributed by atoms with Gasteiger partial charge in [0.2, 0.25) is 5.88 Å². The molecule has 1 aromatic heterocycles. The molecule has 0 aliphatic carbocycles. The van der Waals surface area contributed by atoms with Crippen molar-refractivity contribution < 1.29 is 13.2 Å². The molecule has 0 aliphatic rings. The van der Waals surface area contributed by atoms with Crippen LogP contribution in [0.5, 0.6) is 11.6 Å². The maximum atomic E-state index is 11.1. The summed E-state index contributed by atoms with van der Waals surface area (Å²) in [7, 11) is 1.46. The van der Waals surface area contributed by atoms with E-state index in [0.717, 1.165) is 12.0 Å². The van der Waals surface area contributed by atoms with E-state index in [-0.39, 0.29) is 4.90 Å². The molecule has 0 spiro atoms. The molecule has 0 unspecified atom stereocenters. The Bertz CT molecular complexity index is 669. The third-order valence-electron chi connectivity index (χ3n) is 2.56. The second-order valence-corrected chi connectivity index (χ2v) is 6.40. The second-order valence-electron chi connectivity index (χ2n) is 3.83. The van der Waals surface area contributed by atoms with Crippen molar-refractivity contribution in [2.75, 3.05) is 0 Å². The van der Waals surface area contributed by atoms with Gasteiger partial charge in [-0.15, -0.1) is 0 Å². The van der Waals surface area contributed by atoms with Gasteiger partial charge in [-0.25, -0.2) is 13.4 Å². The lowest BCUT2D eigenvalue weighted by Crippen LogP contribution is -1.95. The first-order chi connectivity index (χ1) is 9.00. The molecule has 100 valence electrons. The van der Waals surface area contributed by atoms with Crippen LogP contribution in [0.1, 0.15) is 12.5 Å². The molecule has 0 N–H and O–H groups in total. The van der Waals surface area contributed by atoms with Gasteiger partial charge in [-0.05, 0) is 24.1 Å². The molecular formula is C13H12ClNO3S. The number of pyridine rings is 1. The predicted octanol–water partition coefficient (Wildman–Crippen LogP) is 3.36. The maximum Gasteiger partial charge on any atom is 0.262 e. The number of aryl methyl sites for hydroxylation is 1. The van der Waals surface area contributed by atoms with Crippen LogP contribution >= 0.6 is 10.7 Å². The zero-order valence-corrected chi connectivity index (χ0v) is 11.8. The van der Waals surface area contributed by atoms with Crippen LogP contribution in [0.4, 0.5) is 0 Å². The van der Waals surface area contributed by atoms with Gasteiger partial charge in [-0.1, -0.05) is 25.1 Å². The highest BCUT2D eigenvalue weighted by Crippen LogP contribution is 2.25. The first-order valence-electron chi connectivity index (χ1n) is 5.67. The van der Waals surface area contributed by atoms with E-state index in [2.05, 4.69) is 4.98 Å². The third-order valence-corrected chi connectivity index (χ3v) is 3.90. The minimum atomic E-state index is -3.75. The van der Waals surface area contributed by atoms with Gasteiger partial charge in [0.1, 0.15) is 10.6 Å². The highest BCUT2D eigenvalue weighted by molar-refractivity contribution is 8.13. The lowest BCUT2D eigenvalue weighted by Gasteiger charge is -2.08. The molecule has 0 amide bonds. The Morgan fingerprint density at radius 3 is 2.53 bits per heavy atom. The fourth-order valence-corrected chi connectivity index (χ4v) is 2.26. The molecule has 0 fully saturated rings. The van der Waals surface area contributed by atoms with E-state index in [1.807, 2.05) is 31.2 Å². The average molecular weight is 298 g/mol. The number of rotatable bonds is 4. The molecule has 19 heavy (non-hydrogen) atoms. The number of para-hydroxylation sites is 1. The van der Waals surface area contributed by atoms with Gasteiger partial charge in [0.25, 0.3) is 9.05 Å². The molecule has 0 aliphatic heterocycles. The molecule has 2 rings (SSSR count). The van der Waals surface area contributed by atoms with Crippen LogP contribution in [0, 0.1) is 0 Å². The summed E-state index contributed by atoms with van der Waals surface area (Å²) in [5.41, 5.74) is 1.05. The molecule has 6 heteroatoms. The first-order valence-corrected chi connectivity index (χ1v) is 7.98.